The molecular weight excluding hydrogens is 268 g/mol. The number of piperazine rings is 1. The molecule has 2 aliphatic heterocycles. The van der Waals surface area contributed by atoms with Crippen molar-refractivity contribution in [2.75, 3.05) is 26.3 Å². The van der Waals surface area contributed by atoms with Crippen molar-refractivity contribution >= 4 is 11.8 Å². The number of hydrogen-bond donors (Lipinski definition) is 0. The normalized spacial score (nSPS) is 29.5. The Morgan fingerprint density at radius 2 is 1.95 bits per heavy atom. The lowest BCUT2D eigenvalue weighted by molar-refractivity contribution is -0.162. The van der Waals surface area contributed by atoms with Crippen LogP contribution >= 0.6 is 0 Å². The largest absolute Gasteiger partial charge is 0.379 e. The summed E-state index contributed by atoms with van der Waals surface area (Å²) in [6, 6.07) is -0.521. The minimum Gasteiger partial charge on any atom is -0.379 e. The molecule has 1 aliphatic carbocycles. The maximum absolute atomic E-state index is 12.7. The van der Waals surface area contributed by atoms with Crippen LogP contribution in [0.25, 0.3) is 0 Å². The molecule has 0 spiro atoms. The Kier molecular flexibility index (Phi) is 4.20. The number of nitrogens with zero attached hydrogens (tertiary/aromatic N) is 2. The van der Waals surface area contributed by atoms with Gasteiger partial charge in [-0.3, -0.25) is 9.59 Å². The summed E-state index contributed by atoms with van der Waals surface area (Å²) < 4.78 is 5.66. The van der Waals surface area contributed by atoms with E-state index in [1.165, 1.54) is 12.8 Å². The molecule has 0 aromatic heterocycles. The van der Waals surface area contributed by atoms with Crippen LogP contribution in [0, 0.1) is 11.8 Å². The van der Waals surface area contributed by atoms with Crippen molar-refractivity contribution in [2.24, 2.45) is 11.8 Å². The minimum absolute atomic E-state index is 0.126. The van der Waals surface area contributed by atoms with Crippen molar-refractivity contribution in [1.82, 2.24) is 9.80 Å². The highest BCUT2D eigenvalue weighted by Gasteiger charge is 2.48. The number of carbonyl (C=O) groups is 2. The number of rotatable bonds is 6. The average Bonchev–Trinajstić information content (AvgIpc) is 3.12. The van der Waals surface area contributed by atoms with Gasteiger partial charge in [-0.25, -0.2) is 0 Å². The van der Waals surface area contributed by atoms with Crippen molar-refractivity contribution in [1.29, 1.82) is 0 Å². The van der Waals surface area contributed by atoms with E-state index < -0.39 is 0 Å². The molecule has 0 aromatic carbocycles. The highest BCUT2D eigenvalue weighted by Crippen LogP contribution is 2.30. The van der Waals surface area contributed by atoms with Gasteiger partial charge in [-0.1, -0.05) is 13.8 Å². The molecule has 118 valence electrons. The first-order valence-corrected chi connectivity index (χ1v) is 8.28. The van der Waals surface area contributed by atoms with E-state index in [1.54, 1.807) is 9.80 Å². The molecule has 0 aromatic rings. The smallest absolute Gasteiger partial charge is 0.246 e. The van der Waals surface area contributed by atoms with Crippen molar-refractivity contribution in [3.8, 4) is 0 Å². The van der Waals surface area contributed by atoms with Gasteiger partial charge >= 0.3 is 0 Å². The van der Waals surface area contributed by atoms with Gasteiger partial charge in [0.15, 0.2) is 0 Å². The molecule has 3 rings (SSSR count). The Balaban J connectivity index is 1.64. The fraction of sp³-hybridized carbons (Fsp3) is 0.875. The maximum atomic E-state index is 12.7. The number of hydrogen-bond acceptors (Lipinski definition) is 3. The van der Waals surface area contributed by atoms with Gasteiger partial charge in [0, 0.05) is 19.7 Å². The van der Waals surface area contributed by atoms with Crippen LogP contribution in [0.2, 0.25) is 0 Å². The van der Waals surface area contributed by atoms with Crippen LogP contribution in [0.4, 0.5) is 0 Å². The van der Waals surface area contributed by atoms with Gasteiger partial charge < -0.3 is 14.5 Å². The second-order valence-corrected chi connectivity index (χ2v) is 6.93. The molecule has 2 saturated heterocycles. The Morgan fingerprint density at radius 3 is 2.62 bits per heavy atom. The van der Waals surface area contributed by atoms with Crippen LogP contribution in [-0.2, 0) is 14.3 Å². The Labute approximate surface area is 126 Å². The standard InChI is InChI=1S/C16H26N2O3/c1-11(2)14-16(20)17-7-3-4-13(17)15(19)18(14)8-9-21-10-12-5-6-12/h11-14H,3-10H2,1-2H3. The van der Waals surface area contributed by atoms with Gasteiger partial charge in [0.25, 0.3) is 0 Å². The van der Waals surface area contributed by atoms with Crippen LogP contribution in [0.5, 0.6) is 0 Å². The predicted octanol–water partition coefficient (Wildman–Crippen LogP) is 1.27. The second kappa shape index (κ2) is 5.95. The summed E-state index contributed by atoms with van der Waals surface area (Å²) in [5.41, 5.74) is 0. The first-order valence-electron chi connectivity index (χ1n) is 8.28. The molecule has 1 saturated carbocycles. The van der Waals surface area contributed by atoms with E-state index in [4.69, 9.17) is 4.74 Å². The molecule has 2 unspecified atom stereocenters. The number of fused-ring (bicyclic) bond motifs is 1. The van der Waals surface area contributed by atoms with Crippen molar-refractivity contribution < 1.29 is 14.3 Å². The molecule has 21 heavy (non-hydrogen) atoms. The summed E-state index contributed by atoms with van der Waals surface area (Å²) in [7, 11) is 0. The topological polar surface area (TPSA) is 49.9 Å². The van der Waals surface area contributed by atoms with Crippen molar-refractivity contribution in [2.45, 2.75) is 51.6 Å². The average molecular weight is 294 g/mol. The zero-order valence-corrected chi connectivity index (χ0v) is 13.1. The summed E-state index contributed by atoms with van der Waals surface area (Å²) >= 11 is 0. The molecule has 3 fully saturated rings. The SMILES string of the molecule is CC(C)C1C(=O)N2CCCC2C(=O)N1CCOCC1CC1. The molecule has 3 aliphatic rings. The quantitative estimate of drug-likeness (QED) is 0.693. The molecule has 2 atom stereocenters. The van der Waals surface area contributed by atoms with Gasteiger partial charge in [0.1, 0.15) is 12.1 Å². The van der Waals surface area contributed by atoms with E-state index in [9.17, 15) is 9.59 Å². The van der Waals surface area contributed by atoms with Gasteiger partial charge in [0.05, 0.1) is 6.61 Å². The third-order valence-electron chi connectivity index (χ3n) is 4.85. The monoisotopic (exact) mass is 294 g/mol. The summed E-state index contributed by atoms with van der Waals surface area (Å²) in [4.78, 5) is 28.9. The molecule has 5 heteroatoms. The van der Waals surface area contributed by atoms with Crippen LogP contribution in [-0.4, -0.2) is 60.0 Å². The van der Waals surface area contributed by atoms with E-state index in [0.717, 1.165) is 31.9 Å². The first-order chi connectivity index (χ1) is 10.1. The van der Waals surface area contributed by atoms with E-state index in [2.05, 4.69) is 0 Å². The van der Waals surface area contributed by atoms with E-state index in [1.807, 2.05) is 13.8 Å². The molecule has 5 nitrogen and oxygen atoms in total. The Bertz CT molecular complexity index is 420. The third-order valence-corrected chi connectivity index (χ3v) is 4.85. The summed E-state index contributed by atoms with van der Waals surface area (Å²) in [5, 5.41) is 0. The molecule has 2 heterocycles. The Hall–Kier alpha value is -1.10. The molecule has 0 radical (unpaired) electrons. The van der Waals surface area contributed by atoms with Crippen LogP contribution in [0.1, 0.15) is 39.5 Å². The second-order valence-electron chi connectivity index (χ2n) is 6.93. The zero-order chi connectivity index (χ0) is 15.0. The molecular formula is C16H26N2O3. The zero-order valence-electron chi connectivity index (χ0n) is 13.1. The van der Waals surface area contributed by atoms with Crippen LogP contribution < -0.4 is 0 Å². The highest BCUT2D eigenvalue weighted by molar-refractivity contribution is 5.97. The minimum atomic E-state index is -0.309. The van der Waals surface area contributed by atoms with Gasteiger partial charge in [-0.05, 0) is 37.5 Å². The third kappa shape index (κ3) is 2.93. The fourth-order valence-corrected chi connectivity index (χ4v) is 3.51. The fourth-order valence-electron chi connectivity index (χ4n) is 3.51. The first kappa shape index (κ1) is 14.8. The number of carbonyl (C=O) groups excluding carboxylic acids is 2. The number of ether oxygens (including phenoxy) is 1. The van der Waals surface area contributed by atoms with Gasteiger partial charge in [-0.2, -0.15) is 0 Å². The van der Waals surface area contributed by atoms with Gasteiger partial charge in [-0.15, -0.1) is 0 Å². The summed E-state index contributed by atoms with van der Waals surface area (Å²) in [6.45, 7) is 6.67. The maximum Gasteiger partial charge on any atom is 0.246 e. The van der Waals surface area contributed by atoms with Crippen molar-refractivity contribution in [3.05, 3.63) is 0 Å². The van der Waals surface area contributed by atoms with Gasteiger partial charge in [0.2, 0.25) is 11.8 Å². The Morgan fingerprint density at radius 1 is 1.19 bits per heavy atom. The van der Waals surface area contributed by atoms with Crippen LogP contribution in [0.15, 0.2) is 0 Å². The summed E-state index contributed by atoms with van der Waals surface area (Å²) in [5.74, 6) is 1.14. The number of amides is 2. The summed E-state index contributed by atoms with van der Waals surface area (Å²) in [6.07, 6.45) is 4.30. The molecule has 0 bridgehead atoms. The van der Waals surface area contributed by atoms with Crippen molar-refractivity contribution in [3.63, 3.8) is 0 Å². The molecule has 2 amide bonds. The van der Waals surface area contributed by atoms with Crippen LogP contribution in [0.3, 0.4) is 0 Å². The van der Waals surface area contributed by atoms with E-state index in [0.29, 0.717) is 13.2 Å². The predicted molar refractivity (Wildman–Crippen MR) is 78.6 cm³/mol. The lowest BCUT2D eigenvalue weighted by Crippen LogP contribution is -2.64. The van der Waals surface area contributed by atoms with E-state index >= 15 is 0 Å². The lowest BCUT2D eigenvalue weighted by atomic mass is 9.96. The lowest BCUT2D eigenvalue weighted by Gasteiger charge is -2.44. The molecule has 0 N–H and O–H groups in total. The highest BCUT2D eigenvalue weighted by atomic mass is 16.5. The van der Waals surface area contributed by atoms with E-state index in [-0.39, 0.29) is 29.8 Å².